The number of fused-ring (bicyclic) bond motifs is 2. The zero-order valence-corrected chi connectivity index (χ0v) is 13.3. The van der Waals surface area contributed by atoms with Crippen LogP contribution in [0.25, 0.3) is 22.0 Å². The van der Waals surface area contributed by atoms with Gasteiger partial charge in [-0.1, -0.05) is 40.2 Å². The van der Waals surface area contributed by atoms with Crippen molar-refractivity contribution in [2.24, 2.45) is 0 Å². The highest BCUT2D eigenvalue weighted by Crippen LogP contribution is 2.39. The van der Waals surface area contributed by atoms with E-state index in [1.807, 2.05) is 42.5 Å². The second-order valence-electron chi connectivity index (χ2n) is 5.14. The molecular formula is C18H12BrNO2. The lowest BCUT2D eigenvalue weighted by Gasteiger charge is -2.19. The Hall–Kier alpha value is -2.20. The topological polar surface area (TPSA) is 39.2 Å². The predicted octanol–water partition coefficient (Wildman–Crippen LogP) is 4.22. The van der Waals surface area contributed by atoms with Crippen molar-refractivity contribution in [2.45, 2.75) is 0 Å². The average Bonchev–Trinajstić information content (AvgIpc) is 2.57. The number of nitrogens with zero attached hydrogens (tertiary/aromatic N) is 1. The van der Waals surface area contributed by atoms with Crippen molar-refractivity contribution >= 4 is 32.5 Å². The first-order valence-electron chi connectivity index (χ1n) is 7.05. The van der Waals surface area contributed by atoms with Crippen LogP contribution in [0, 0.1) is 0 Å². The van der Waals surface area contributed by atoms with Crippen LogP contribution in [0.15, 0.2) is 48.7 Å². The maximum absolute atomic E-state index is 12.8. The molecule has 1 aliphatic carbocycles. The number of halogens is 1. The number of carbonyl (C=O) groups is 1. The Bertz CT molecular complexity index is 905. The van der Waals surface area contributed by atoms with Crippen LogP contribution in [-0.2, 0) is 0 Å². The summed E-state index contributed by atoms with van der Waals surface area (Å²) in [5.74, 6) is 0.747. The van der Waals surface area contributed by atoms with E-state index in [-0.39, 0.29) is 5.78 Å². The molecule has 108 valence electrons. The molecule has 0 amide bonds. The molecule has 0 N–H and O–H groups in total. The molecule has 1 aliphatic rings. The Kier molecular flexibility index (Phi) is 3.19. The van der Waals surface area contributed by atoms with E-state index in [1.165, 1.54) is 0 Å². The summed E-state index contributed by atoms with van der Waals surface area (Å²) < 4.78 is 5.69. The van der Waals surface area contributed by atoms with Crippen LogP contribution >= 0.6 is 15.9 Å². The minimum absolute atomic E-state index is 0.0328. The predicted molar refractivity (Wildman–Crippen MR) is 89.9 cm³/mol. The van der Waals surface area contributed by atoms with Crippen LogP contribution in [0.2, 0.25) is 0 Å². The summed E-state index contributed by atoms with van der Waals surface area (Å²) in [7, 11) is 0. The highest BCUT2D eigenvalue weighted by molar-refractivity contribution is 9.09. The fourth-order valence-corrected chi connectivity index (χ4v) is 3.11. The molecule has 3 nitrogen and oxygen atoms in total. The number of aromatic nitrogens is 1. The van der Waals surface area contributed by atoms with Gasteiger partial charge in [0.25, 0.3) is 0 Å². The van der Waals surface area contributed by atoms with E-state index in [0.717, 1.165) is 27.4 Å². The molecule has 0 radical (unpaired) electrons. The quantitative estimate of drug-likeness (QED) is 0.517. The molecule has 1 aromatic heterocycles. The molecule has 0 spiro atoms. The molecule has 0 saturated carbocycles. The molecule has 0 atom stereocenters. The third-order valence-corrected chi connectivity index (χ3v) is 4.18. The molecule has 0 aliphatic heterocycles. The Balaban J connectivity index is 2.03. The van der Waals surface area contributed by atoms with Gasteiger partial charge < -0.3 is 4.74 Å². The van der Waals surface area contributed by atoms with E-state index in [9.17, 15) is 4.79 Å². The summed E-state index contributed by atoms with van der Waals surface area (Å²) in [6.07, 6.45) is 1.78. The summed E-state index contributed by atoms with van der Waals surface area (Å²) in [6.45, 7) is 0.563. The van der Waals surface area contributed by atoms with Gasteiger partial charge in [-0.2, -0.15) is 0 Å². The van der Waals surface area contributed by atoms with Crippen molar-refractivity contribution in [2.75, 3.05) is 11.9 Å². The van der Waals surface area contributed by atoms with Crippen molar-refractivity contribution in [3.63, 3.8) is 0 Å². The lowest BCUT2D eigenvalue weighted by atomic mass is 9.85. The fourth-order valence-electron chi connectivity index (χ4n) is 2.95. The summed E-state index contributed by atoms with van der Waals surface area (Å²) >= 11 is 3.35. The monoisotopic (exact) mass is 353 g/mol. The van der Waals surface area contributed by atoms with Gasteiger partial charge in [-0.15, -0.1) is 0 Å². The van der Waals surface area contributed by atoms with E-state index in [2.05, 4.69) is 20.9 Å². The van der Waals surface area contributed by atoms with Gasteiger partial charge in [0.2, 0.25) is 0 Å². The average molecular weight is 354 g/mol. The van der Waals surface area contributed by atoms with Gasteiger partial charge in [-0.25, -0.2) is 0 Å². The second-order valence-corrected chi connectivity index (χ2v) is 5.93. The molecule has 0 fully saturated rings. The van der Waals surface area contributed by atoms with Crippen LogP contribution in [0.3, 0.4) is 0 Å². The first-order valence-corrected chi connectivity index (χ1v) is 8.17. The summed E-state index contributed by atoms with van der Waals surface area (Å²) in [5.41, 5.74) is 3.14. The Morgan fingerprint density at radius 2 is 1.86 bits per heavy atom. The summed E-state index contributed by atoms with van der Waals surface area (Å²) in [5, 5.41) is 2.64. The highest BCUT2D eigenvalue weighted by atomic mass is 79.9. The molecule has 22 heavy (non-hydrogen) atoms. The van der Waals surface area contributed by atoms with Gasteiger partial charge in [0.05, 0.1) is 12.3 Å². The minimum Gasteiger partial charge on any atom is -0.493 e. The minimum atomic E-state index is 0.0328. The lowest BCUT2D eigenvalue weighted by molar-refractivity contribution is 0.103. The van der Waals surface area contributed by atoms with E-state index >= 15 is 0 Å². The number of ether oxygens (including phenoxy) is 1. The largest absolute Gasteiger partial charge is 0.493 e. The fraction of sp³-hybridized carbons (Fsp3) is 0.111. The molecule has 2 aromatic carbocycles. The molecule has 0 bridgehead atoms. The third-order valence-electron chi connectivity index (χ3n) is 3.85. The van der Waals surface area contributed by atoms with Crippen molar-refractivity contribution < 1.29 is 9.53 Å². The van der Waals surface area contributed by atoms with Gasteiger partial charge in [0, 0.05) is 33.6 Å². The van der Waals surface area contributed by atoms with Crippen molar-refractivity contribution in [1.29, 1.82) is 0 Å². The van der Waals surface area contributed by atoms with Crippen LogP contribution in [0.4, 0.5) is 0 Å². The van der Waals surface area contributed by atoms with Gasteiger partial charge >= 0.3 is 0 Å². The molecule has 4 rings (SSSR count). The van der Waals surface area contributed by atoms with E-state index in [4.69, 9.17) is 4.74 Å². The Labute approximate surface area is 136 Å². The van der Waals surface area contributed by atoms with Crippen molar-refractivity contribution in [3.05, 3.63) is 59.8 Å². The van der Waals surface area contributed by atoms with E-state index in [1.54, 1.807) is 6.20 Å². The number of carbonyl (C=O) groups excluding carboxylic acids is 1. The zero-order chi connectivity index (χ0) is 15.1. The number of hydrogen-bond acceptors (Lipinski definition) is 3. The highest BCUT2D eigenvalue weighted by Gasteiger charge is 2.26. The third kappa shape index (κ3) is 1.95. The summed E-state index contributed by atoms with van der Waals surface area (Å²) in [4.78, 5) is 17.3. The van der Waals surface area contributed by atoms with Gasteiger partial charge in [-0.3, -0.25) is 9.78 Å². The second kappa shape index (κ2) is 5.21. The number of hydrogen-bond donors (Lipinski definition) is 0. The molecule has 0 unspecified atom stereocenters. The smallest absolute Gasteiger partial charge is 0.194 e. The maximum atomic E-state index is 12.8. The van der Waals surface area contributed by atoms with Crippen LogP contribution in [-0.4, -0.2) is 22.7 Å². The number of rotatable bonds is 3. The van der Waals surface area contributed by atoms with Crippen LogP contribution < -0.4 is 4.74 Å². The van der Waals surface area contributed by atoms with Gasteiger partial charge in [-0.05, 0) is 23.6 Å². The zero-order valence-electron chi connectivity index (χ0n) is 11.7. The number of alkyl halides is 1. The SMILES string of the molecule is O=C1c2ccccc2-c2nccc3cc(OCCBr)cc1c23. The van der Waals surface area contributed by atoms with Gasteiger partial charge in [0.15, 0.2) is 5.78 Å². The number of ketones is 1. The van der Waals surface area contributed by atoms with Crippen molar-refractivity contribution in [1.82, 2.24) is 4.98 Å². The molecule has 1 heterocycles. The lowest BCUT2D eigenvalue weighted by Crippen LogP contribution is -2.11. The van der Waals surface area contributed by atoms with Crippen LogP contribution in [0.5, 0.6) is 5.75 Å². The Morgan fingerprint density at radius 1 is 1.05 bits per heavy atom. The standard InChI is InChI=1S/C18H12BrNO2/c19-6-8-22-12-9-11-5-7-20-17-13-3-1-2-4-14(13)18(21)15(10-12)16(11)17/h1-5,7,9-10H,6,8H2. The first kappa shape index (κ1) is 13.5. The number of pyridine rings is 1. The van der Waals surface area contributed by atoms with E-state index in [0.29, 0.717) is 23.5 Å². The van der Waals surface area contributed by atoms with Crippen molar-refractivity contribution in [3.8, 4) is 17.0 Å². The molecule has 4 heteroatoms. The molecular weight excluding hydrogens is 342 g/mol. The molecule has 3 aromatic rings. The normalized spacial score (nSPS) is 12.3. The first-order chi connectivity index (χ1) is 10.8. The maximum Gasteiger partial charge on any atom is 0.194 e. The number of benzene rings is 2. The van der Waals surface area contributed by atoms with Crippen LogP contribution in [0.1, 0.15) is 15.9 Å². The summed E-state index contributed by atoms with van der Waals surface area (Å²) in [6, 6.07) is 13.3. The van der Waals surface area contributed by atoms with E-state index < -0.39 is 0 Å². The molecule has 0 saturated heterocycles. The van der Waals surface area contributed by atoms with Gasteiger partial charge in [0.1, 0.15) is 5.75 Å². The Morgan fingerprint density at radius 3 is 2.68 bits per heavy atom.